The molecule has 0 amide bonds. The van der Waals surface area contributed by atoms with Crippen molar-refractivity contribution < 1.29 is 0 Å². The molecule has 1 fully saturated rings. The fraction of sp³-hybridized carbons (Fsp3) is 0.733. The summed E-state index contributed by atoms with van der Waals surface area (Å²) in [6.07, 6.45) is 8.49. The Kier molecular flexibility index (Phi) is 5.71. The number of thiophene rings is 1. The van der Waals surface area contributed by atoms with Gasteiger partial charge in [-0.2, -0.15) is 0 Å². The lowest BCUT2D eigenvalue weighted by Gasteiger charge is -2.35. The Hall–Kier alpha value is 0.140. The van der Waals surface area contributed by atoms with Crippen molar-refractivity contribution in [2.75, 3.05) is 18.9 Å². The van der Waals surface area contributed by atoms with Crippen molar-refractivity contribution in [3.05, 3.63) is 22.4 Å². The molecule has 0 aliphatic heterocycles. The molecule has 0 radical (unpaired) electrons. The summed E-state index contributed by atoms with van der Waals surface area (Å²) in [4.78, 5) is 3.99. The van der Waals surface area contributed by atoms with E-state index in [1.165, 1.54) is 49.9 Å². The largest absolute Gasteiger partial charge is 0.301 e. The number of hydrogen-bond acceptors (Lipinski definition) is 2. The Balaban J connectivity index is 1.91. The molecule has 2 rings (SSSR count). The minimum atomic E-state index is 0.516. The SMILES string of the molecule is CN(Cc1cccs1)CC1(CBr)CCCCCC1. The first kappa shape index (κ1) is 14.5. The zero-order valence-corrected chi connectivity index (χ0v) is 13.7. The second-order valence-electron chi connectivity index (χ2n) is 5.80. The molecular weight excluding hydrogens is 306 g/mol. The molecule has 1 nitrogen and oxygen atoms in total. The minimum Gasteiger partial charge on any atom is -0.301 e. The van der Waals surface area contributed by atoms with Crippen molar-refractivity contribution in [1.29, 1.82) is 0 Å². The van der Waals surface area contributed by atoms with Crippen LogP contribution >= 0.6 is 27.3 Å². The van der Waals surface area contributed by atoms with E-state index in [1.807, 2.05) is 11.3 Å². The van der Waals surface area contributed by atoms with Crippen LogP contribution in [0.2, 0.25) is 0 Å². The highest BCUT2D eigenvalue weighted by molar-refractivity contribution is 9.09. The third kappa shape index (κ3) is 4.07. The molecule has 0 unspecified atom stereocenters. The van der Waals surface area contributed by atoms with E-state index in [9.17, 15) is 0 Å². The Labute approximate surface area is 124 Å². The summed E-state index contributed by atoms with van der Waals surface area (Å²) in [6, 6.07) is 4.40. The average Bonchev–Trinajstić information content (AvgIpc) is 2.74. The fourth-order valence-corrected chi connectivity index (χ4v) is 4.63. The lowest BCUT2D eigenvalue weighted by Crippen LogP contribution is -2.36. The third-order valence-corrected chi connectivity index (χ3v) is 6.11. The van der Waals surface area contributed by atoms with Crippen LogP contribution in [-0.4, -0.2) is 23.8 Å². The molecule has 1 aromatic heterocycles. The Bertz CT molecular complexity index is 328. The van der Waals surface area contributed by atoms with Gasteiger partial charge >= 0.3 is 0 Å². The zero-order chi connectivity index (χ0) is 12.8. The Morgan fingerprint density at radius 2 is 2.00 bits per heavy atom. The monoisotopic (exact) mass is 329 g/mol. The maximum absolute atomic E-state index is 3.79. The molecule has 1 heterocycles. The first-order valence-electron chi connectivity index (χ1n) is 7.01. The Morgan fingerprint density at radius 3 is 2.56 bits per heavy atom. The number of nitrogens with zero attached hydrogens (tertiary/aromatic N) is 1. The lowest BCUT2D eigenvalue weighted by atomic mass is 9.82. The highest BCUT2D eigenvalue weighted by atomic mass is 79.9. The normalized spacial score (nSPS) is 19.9. The van der Waals surface area contributed by atoms with Crippen molar-refractivity contribution in [3.8, 4) is 0 Å². The summed E-state index contributed by atoms with van der Waals surface area (Å²) < 4.78 is 0. The second kappa shape index (κ2) is 7.06. The van der Waals surface area contributed by atoms with Gasteiger partial charge < -0.3 is 4.90 Å². The van der Waals surface area contributed by atoms with Gasteiger partial charge in [0.1, 0.15) is 0 Å². The van der Waals surface area contributed by atoms with Crippen LogP contribution in [0.5, 0.6) is 0 Å². The van der Waals surface area contributed by atoms with E-state index in [0.717, 1.165) is 11.9 Å². The van der Waals surface area contributed by atoms with Gasteiger partial charge in [-0.15, -0.1) is 11.3 Å². The lowest BCUT2D eigenvalue weighted by molar-refractivity contribution is 0.172. The predicted molar refractivity (Wildman–Crippen MR) is 84.6 cm³/mol. The summed E-state index contributed by atoms with van der Waals surface area (Å²) in [6.45, 7) is 2.34. The number of halogens is 1. The standard InChI is InChI=1S/C15H24BrNS/c1-17(11-14-7-6-10-18-14)13-15(12-16)8-4-2-3-5-9-15/h6-7,10H,2-5,8-9,11-13H2,1H3. The average molecular weight is 330 g/mol. The molecule has 1 aromatic rings. The second-order valence-corrected chi connectivity index (χ2v) is 7.39. The maximum atomic E-state index is 3.79. The van der Waals surface area contributed by atoms with E-state index in [0.29, 0.717) is 5.41 Å². The van der Waals surface area contributed by atoms with Crippen LogP contribution in [0.4, 0.5) is 0 Å². The molecule has 0 saturated heterocycles. The molecule has 0 atom stereocenters. The summed E-state index contributed by atoms with van der Waals surface area (Å²) in [5.41, 5.74) is 0.516. The minimum absolute atomic E-state index is 0.516. The summed E-state index contributed by atoms with van der Waals surface area (Å²) >= 11 is 5.66. The smallest absolute Gasteiger partial charge is 0.0325 e. The number of rotatable bonds is 5. The predicted octanol–water partition coefficient (Wildman–Crippen LogP) is 4.92. The van der Waals surface area contributed by atoms with Gasteiger partial charge in [-0.05, 0) is 36.8 Å². The van der Waals surface area contributed by atoms with Crippen LogP contribution in [0.25, 0.3) is 0 Å². The first-order valence-corrected chi connectivity index (χ1v) is 9.01. The van der Waals surface area contributed by atoms with Crippen molar-refractivity contribution in [2.24, 2.45) is 5.41 Å². The molecule has 0 spiro atoms. The van der Waals surface area contributed by atoms with Crippen LogP contribution in [0, 0.1) is 5.41 Å². The summed E-state index contributed by atoms with van der Waals surface area (Å²) in [5, 5.41) is 3.34. The molecular formula is C15H24BrNS. The molecule has 18 heavy (non-hydrogen) atoms. The van der Waals surface area contributed by atoms with E-state index in [1.54, 1.807) is 0 Å². The van der Waals surface area contributed by atoms with Crippen LogP contribution in [0.15, 0.2) is 17.5 Å². The molecule has 0 N–H and O–H groups in total. The number of alkyl halides is 1. The highest BCUT2D eigenvalue weighted by Crippen LogP contribution is 2.37. The van der Waals surface area contributed by atoms with Gasteiger partial charge in [-0.3, -0.25) is 0 Å². The van der Waals surface area contributed by atoms with Gasteiger partial charge in [-0.1, -0.05) is 47.7 Å². The van der Waals surface area contributed by atoms with Crippen molar-refractivity contribution in [2.45, 2.75) is 45.1 Å². The maximum Gasteiger partial charge on any atom is 0.0325 e. The van der Waals surface area contributed by atoms with Crippen LogP contribution in [0.3, 0.4) is 0 Å². The molecule has 1 aliphatic carbocycles. The van der Waals surface area contributed by atoms with Crippen molar-refractivity contribution in [3.63, 3.8) is 0 Å². The molecule has 1 aliphatic rings. The number of hydrogen-bond donors (Lipinski definition) is 0. The molecule has 1 saturated carbocycles. The molecule has 102 valence electrons. The van der Waals surface area contributed by atoms with E-state index in [-0.39, 0.29) is 0 Å². The summed E-state index contributed by atoms with van der Waals surface area (Å²) in [5.74, 6) is 0. The highest BCUT2D eigenvalue weighted by Gasteiger charge is 2.31. The third-order valence-electron chi connectivity index (χ3n) is 4.06. The van der Waals surface area contributed by atoms with Gasteiger partial charge in [0, 0.05) is 23.3 Å². The van der Waals surface area contributed by atoms with Gasteiger partial charge in [-0.25, -0.2) is 0 Å². The first-order chi connectivity index (χ1) is 8.74. The van der Waals surface area contributed by atoms with E-state index in [2.05, 4.69) is 45.4 Å². The van der Waals surface area contributed by atoms with Gasteiger partial charge in [0.25, 0.3) is 0 Å². The Morgan fingerprint density at radius 1 is 1.28 bits per heavy atom. The van der Waals surface area contributed by atoms with Crippen LogP contribution in [0.1, 0.15) is 43.4 Å². The molecule has 3 heteroatoms. The molecule has 0 bridgehead atoms. The van der Waals surface area contributed by atoms with E-state index >= 15 is 0 Å². The van der Waals surface area contributed by atoms with Crippen LogP contribution in [-0.2, 0) is 6.54 Å². The van der Waals surface area contributed by atoms with Crippen molar-refractivity contribution in [1.82, 2.24) is 4.90 Å². The van der Waals surface area contributed by atoms with Crippen LogP contribution < -0.4 is 0 Å². The van der Waals surface area contributed by atoms with Gasteiger partial charge in [0.2, 0.25) is 0 Å². The summed E-state index contributed by atoms with van der Waals surface area (Å²) in [7, 11) is 2.27. The van der Waals surface area contributed by atoms with E-state index < -0.39 is 0 Å². The van der Waals surface area contributed by atoms with E-state index in [4.69, 9.17) is 0 Å². The topological polar surface area (TPSA) is 3.24 Å². The zero-order valence-electron chi connectivity index (χ0n) is 11.3. The van der Waals surface area contributed by atoms with Crippen molar-refractivity contribution >= 4 is 27.3 Å². The van der Waals surface area contributed by atoms with Gasteiger partial charge in [0.15, 0.2) is 0 Å². The quantitative estimate of drug-likeness (QED) is 0.547. The molecule has 0 aromatic carbocycles. The van der Waals surface area contributed by atoms with Gasteiger partial charge in [0.05, 0.1) is 0 Å². The fourth-order valence-electron chi connectivity index (χ4n) is 3.11.